The molecule has 0 spiro atoms. The molecule has 1 saturated carbocycles. The van der Waals surface area contributed by atoms with Gasteiger partial charge in [0.05, 0.1) is 6.54 Å². The zero-order valence-corrected chi connectivity index (χ0v) is 15.4. The number of rotatable bonds is 4. The molecule has 0 unspecified atom stereocenters. The van der Waals surface area contributed by atoms with Gasteiger partial charge in [-0.3, -0.25) is 0 Å². The van der Waals surface area contributed by atoms with Gasteiger partial charge in [-0.05, 0) is 37.8 Å². The van der Waals surface area contributed by atoms with E-state index in [9.17, 15) is 4.79 Å². The quantitative estimate of drug-likeness (QED) is 0.870. The normalized spacial score (nSPS) is 20.3. The smallest absolute Gasteiger partial charge is 0.315 e. The maximum Gasteiger partial charge on any atom is 0.315 e. The van der Waals surface area contributed by atoms with Crippen molar-refractivity contribution in [3.8, 4) is 0 Å². The molecule has 2 N–H and O–H groups in total. The fourth-order valence-corrected chi connectivity index (χ4v) is 4.38. The molecule has 4 rings (SSSR count). The van der Waals surface area contributed by atoms with Gasteiger partial charge in [0.1, 0.15) is 11.3 Å². The Kier molecular flexibility index (Phi) is 5.44. The molecule has 1 saturated heterocycles. The molecular weight excluding hydrogens is 326 g/mol. The Morgan fingerprint density at radius 3 is 2.62 bits per heavy atom. The molecule has 2 aliphatic rings. The number of hydrogen-bond acceptors (Lipinski definition) is 3. The number of piperidine rings is 1. The summed E-state index contributed by atoms with van der Waals surface area (Å²) in [7, 11) is 0. The van der Waals surface area contributed by atoms with Crippen molar-refractivity contribution in [2.75, 3.05) is 13.1 Å². The van der Waals surface area contributed by atoms with Gasteiger partial charge in [0.25, 0.3) is 0 Å². The molecule has 2 fully saturated rings. The van der Waals surface area contributed by atoms with Crippen molar-refractivity contribution in [2.45, 2.75) is 63.6 Å². The molecule has 2 aromatic rings. The van der Waals surface area contributed by atoms with Crippen molar-refractivity contribution in [3.05, 3.63) is 36.1 Å². The van der Waals surface area contributed by atoms with Crippen LogP contribution in [0.2, 0.25) is 0 Å². The largest absolute Gasteiger partial charge is 0.459 e. The Morgan fingerprint density at radius 1 is 1.08 bits per heavy atom. The molecule has 2 amide bonds. The SMILES string of the molecule is O=C(NCc1cc2ccccc2o1)NC1CCN(C2CCCCC2)CC1. The van der Waals surface area contributed by atoms with E-state index in [0.29, 0.717) is 6.54 Å². The second-order valence-electron chi connectivity index (χ2n) is 7.68. The van der Waals surface area contributed by atoms with Gasteiger partial charge >= 0.3 is 6.03 Å². The monoisotopic (exact) mass is 355 g/mol. The first-order chi connectivity index (χ1) is 12.8. The molecule has 1 aromatic carbocycles. The van der Waals surface area contributed by atoms with E-state index in [1.807, 2.05) is 30.3 Å². The predicted molar refractivity (Wildman–Crippen MR) is 103 cm³/mol. The highest BCUT2D eigenvalue weighted by atomic mass is 16.3. The topological polar surface area (TPSA) is 57.5 Å². The molecule has 5 nitrogen and oxygen atoms in total. The molecule has 1 aliphatic heterocycles. The number of likely N-dealkylation sites (tertiary alicyclic amines) is 1. The Morgan fingerprint density at radius 2 is 1.85 bits per heavy atom. The molecular formula is C21H29N3O2. The average molecular weight is 355 g/mol. The van der Waals surface area contributed by atoms with Gasteiger partial charge in [-0.25, -0.2) is 4.79 Å². The second kappa shape index (κ2) is 8.12. The molecule has 26 heavy (non-hydrogen) atoms. The zero-order chi connectivity index (χ0) is 17.8. The third-order valence-corrected chi connectivity index (χ3v) is 5.86. The van der Waals surface area contributed by atoms with Crippen LogP contribution in [0.1, 0.15) is 50.7 Å². The van der Waals surface area contributed by atoms with Crippen LogP contribution in [-0.4, -0.2) is 36.1 Å². The standard InChI is InChI=1S/C21H29N3O2/c25-21(22-15-19-14-16-6-4-5-9-20(16)26-19)23-17-10-12-24(13-11-17)18-7-2-1-3-8-18/h4-6,9,14,17-18H,1-3,7-8,10-13,15H2,(H2,22,23,25). The van der Waals surface area contributed by atoms with Crippen LogP contribution in [0.25, 0.3) is 11.0 Å². The lowest BCUT2D eigenvalue weighted by molar-refractivity contribution is 0.117. The Labute approximate surface area is 155 Å². The lowest BCUT2D eigenvalue weighted by atomic mass is 9.92. The van der Waals surface area contributed by atoms with Crippen molar-refractivity contribution >= 4 is 17.0 Å². The lowest BCUT2D eigenvalue weighted by Gasteiger charge is -2.39. The number of fused-ring (bicyclic) bond motifs is 1. The number of urea groups is 1. The Bertz CT molecular complexity index is 695. The third kappa shape index (κ3) is 4.21. The number of nitrogens with zero attached hydrogens (tertiary/aromatic N) is 1. The first-order valence-corrected chi connectivity index (χ1v) is 10.0. The van der Waals surface area contributed by atoms with Crippen molar-refractivity contribution in [2.24, 2.45) is 0 Å². The summed E-state index contributed by atoms with van der Waals surface area (Å²) in [6.07, 6.45) is 8.98. The van der Waals surface area contributed by atoms with Crippen LogP contribution >= 0.6 is 0 Å². The first-order valence-electron chi connectivity index (χ1n) is 10.0. The van der Waals surface area contributed by atoms with Gasteiger partial charge in [0, 0.05) is 30.6 Å². The summed E-state index contributed by atoms with van der Waals surface area (Å²) < 4.78 is 5.74. The van der Waals surface area contributed by atoms with Gasteiger partial charge < -0.3 is 20.0 Å². The summed E-state index contributed by atoms with van der Waals surface area (Å²) in [6.45, 7) is 2.64. The number of hydrogen-bond donors (Lipinski definition) is 2. The second-order valence-corrected chi connectivity index (χ2v) is 7.68. The molecule has 0 bridgehead atoms. The molecule has 0 atom stereocenters. The van der Waals surface area contributed by atoms with E-state index >= 15 is 0 Å². The summed E-state index contributed by atoms with van der Waals surface area (Å²) >= 11 is 0. The number of amides is 2. The number of carbonyl (C=O) groups is 1. The molecule has 2 heterocycles. The summed E-state index contributed by atoms with van der Waals surface area (Å²) in [4.78, 5) is 14.8. The number of nitrogens with one attached hydrogen (secondary N) is 2. The zero-order valence-electron chi connectivity index (χ0n) is 15.4. The van der Waals surface area contributed by atoms with Crippen LogP contribution in [0.3, 0.4) is 0 Å². The fourth-order valence-electron chi connectivity index (χ4n) is 4.38. The summed E-state index contributed by atoms with van der Waals surface area (Å²) in [5, 5.41) is 7.12. The van der Waals surface area contributed by atoms with E-state index in [-0.39, 0.29) is 12.1 Å². The van der Waals surface area contributed by atoms with Gasteiger partial charge in [-0.2, -0.15) is 0 Å². The van der Waals surface area contributed by atoms with Crippen molar-refractivity contribution in [3.63, 3.8) is 0 Å². The number of para-hydroxylation sites is 1. The minimum absolute atomic E-state index is 0.0958. The fraction of sp³-hybridized carbons (Fsp3) is 0.571. The summed E-state index contributed by atoms with van der Waals surface area (Å²) in [5.41, 5.74) is 0.861. The van der Waals surface area contributed by atoms with Crippen LogP contribution in [0.5, 0.6) is 0 Å². The number of carbonyl (C=O) groups excluding carboxylic acids is 1. The van der Waals surface area contributed by atoms with E-state index in [4.69, 9.17) is 4.42 Å². The molecule has 0 radical (unpaired) electrons. The van der Waals surface area contributed by atoms with E-state index in [1.165, 1.54) is 32.1 Å². The summed E-state index contributed by atoms with van der Waals surface area (Å²) in [5.74, 6) is 0.786. The highest BCUT2D eigenvalue weighted by molar-refractivity contribution is 5.78. The maximum atomic E-state index is 12.2. The molecule has 1 aliphatic carbocycles. The maximum absolute atomic E-state index is 12.2. The van der Waals surface area contributed by atoms with Crippen molar-refractivity contribution in [1.29, 1.82) is 0 Å². The van der Waals surface area contributed by atoms with Crippen molar-refractivity contribution < 1.29 is 9.21 Å². The summed E-state index contributed by atoms with van der Waals surface area (Å²) in [6, 6.07) is 10.9. The van der Waals surface area contributed by atoms with E-state index < -0.39 is 0 Å². The van der Waals surface area contributed by atoms with Crippen LogP contribution in [0.4, 0.5) is 4.79 Å². The van der Waals surface area contributed by atoms with Crippen LogP contribution in [0, 0.1) is 0 Å². The predicted octanol–water partition coefficient (Wildman–Crippen LogP) is 4.03. The molecule has 140 valence electrons. The Balaban J connectivity index is 1.20. The van der Waals surface area contributed by atoms with Crippen molar-refractivity contribution in [1.82, 2.24) is 15.5 Å². The van der Waals surface area contributed by atoms with Gasteiger partial charge in [0.15, 0.2) is 0 Å². The van der Waals surface area contributed by atoms with Crippen LogP contribution in [-0.2, 0) is 6.54 Å². The Hall–Kier alpha value is -2.01. The van der Waals surface area contributed by atoms with E-state index in [1.54, 1.807) is 0 Å². The number of furan rings is 1. The van der Waals surface area contributed by atoms with E-state index in [0.717, 1.165) is 48.7 Å². The molecule has 5 heteroatoms. The van der Waals surface area contributed by atoms with E-state index in [2.05, 4.69) is 15.5 Å². The average Bonchev–Trinajstić information content (AvgIpc) is 3.11. The van der Waals surface area contributed by atoms with Gasteiger partial charge in [-0.15, -0.1) is 0 Å². The highest BCUT2D eigenvalue weighted by Crippen LogP contribution is 2.25. The first kappa shape index (κ1) is 17.4. The lowest BCUT2D eigenvalue weighted by Crippen LogP contribution is -2.50. The molecule has 1 aromatic heterocycles. The number of benzene rings is 1. The van der Waals surface area contributed by atoms with Crippen LogP contribution < -0.4 is 10.6 Å². The van der Waals surface area contributed by atoms with Gasteiger partial charge in [0.2, 0.25) is 0 Å². The minimum Gasteiger partial charge on any atom is -0.459 e. The minimum atomic E-state index is -0.0958. The third-order valence-electron chi connectivity index (χ3n) is 5.86. The van der Waals surface area contributed by atoms with Crippen LogP contribution in [0.15, 0.2) is 34.7 Å². The van der Waals surface area contributed by atoms with Gasteiger partial charge in [-0.1, -0.05) is 37.5 Å². The highest BCUT2D eigenvalue weighted by Gasteiger charge is 2.26.